The van der Waals surface area contributed by atoms with E-state index in [9.17, 15) is 0 Å². The van der Waals surface area contributed by atoms with E-state index in [4.69, 9.17) is 5.84 Å². The van der Waals surface area contributed by atoms with E-state index in [0.29, 0.717) is 12.1 Å². The summed E-state index contributed by atoms with van der Waals surface area (Å²) < 4.78 is 1.87. The molecular weight excluding hydrogens is 276 g/mol. The lowest BCUT2D eigenvalue weighted by Gasteiger charge is -2.15. The van der Waals surface area contributed by atoms with Crippen LogP contribution in [0.2, 0.25) is 0 Å². The molecule has 0 unspecified atom stereocenters. The normalized spacial score (nSPS) is 12.5. The van der Waals surface area contributed by atoms with Gasteiger partial charge in [0.1, 0.15) is 5.70 Å². The number of hydrogen-bond donors (Lipinski definition) is 2. The minimum Gasteiger partial charge on any atom is -0.355 e. The second-order valence-corrected chi connectivity index (χ2v) is 4.72. The van der Waals surface area contributed by atoms with Crippen LogP contribution >= 0.6 is 0 Å². The number of aromatic nitrogens is 2. The van der Waals surface area contributed by atoms with Crippen molar-refractivity contribution in [2.45, 2.75) is 13.3 Å². The van der Waals surface area contributed by atoms with E-state index in [1.165, 1.54) is 0 Å². The van der Waals surface area contributed by atoms with Gasteiger partial charge in [0.05, 0.1) is 0 Å². The van der Waals surface area contributed by atoms with Gasteiger partial charge in [0.2, 0.25) is 0 Å². The van der Waals surface area contributed by atoms with E-state index < -0.39 is 0 Å². The monoisotopic (exact) mass is 300 g/mol. The second-order valence-electron chi connectivity index (χ2n) is 4.72. The fraction of sp³-hybridized carbons (Fsp3) is 0.250. The molecule has 118 valence electrons. The molecule has 1 aromatic rings. The number of aliphatic imine (C=N–C) groups is 1. The van der Waals surface area contributed by atoms with Gasteiger partial charge in [0.15, 0.2) is 5.82 Å². The minimum absolute atomic E-state index is 0.643. The molecule has 0 bridgehead atoms. The fourth-order valence-corrected chi connectivity index (χ4v) is 1.80. The Morgan fingerprint density at radius 1 is 1.59 bits per heavy atom. The van der Waals surface area contributed by atoms with Gasteiger partial charge < -0.3 is 14.9 Å². The summed E-state index contributed by atoms with van der Waals surface area (Å²) >= 11 is 0. The Hall–Kier alpha value is -2.60. The molecule has 0 spiro atoms. The van der Waals surface area contributed by atoms with Gasteiger partial charge in [0.25, 0.3) is 0 Å². The van der Waals surface area contributed by atoms with E-state index in [0.717, 1.165) is 17.2 Å². The van der Waals surface area contributed by atoms with Crippen LogP contribution in [0.1, 0.15) is 19.2 Å². The molecular formula is C16H24N6. The molecule has 6 nitrogen and oxygen atoms in total. The molecule has 0 aliphatic heterocycles. The molecule has 1 aromatic heterocycles. The second kappa shape index (κ2) is 8.63. The summed E-state index contributed by atoms with van der Waals surface area (Å²) in [5.74, 6) is 6.30. The Kier molecular flexibility index (Phi) is 6.85. The van der Waals surface area contributed by atoms with Crippen molar-refractivity contribution in [1.82, 2.24) is 19.9 Å². The van der Waals surface area contributed by atoms with E-state index in [1.807, 2.05) is 55.0 Å². The van der Waals surface area contributed by atoms with Crippen LogP contribution in [0.15, 0.2) is 59.8 Å². The predicted molar refractivity (Wildman–Crippen MR) is 92.5 cm³/mol. The van der Waals surface area contributed by atoms with Crippen LogP contribution in [0.25, 0.3) is 5.70 Å². The van der Waals surface area contributed by atoms with Gasteiger partial charge in [-0.1, -0.05) is 18.7 Å². The molecule has 0 atom stereocenters. The van der Waals surface area contributed by atoms with Crippen molar-refractivity contribution < 1.29 is 0 Å². The number of aryl methyl sites for hydroxylation is 1. The average molecular weight is 300 g/mol. The molecule has 0 aliphatic carbocycles. The molecule has 0 aromatic carbocycles. The van der Waals surface area contributed by atoms with Crippen LogP contribution in [0.5, 0.6) is 0 Å². The largest absolute Gasteiger partial charge is 0.355 e. The van der Waals surface area contributed by atoms with Crippen molar-refractivity contribution in [1.29, 1.82) is 0 Å². The lowest BCUT2D eigenvalue weighted by molar-refractivity contribution is 0.557. The van der Waals surface area contributed by atoms with Crippen molar-refractivity contribution in [3.63, 3.8) is 0 Å². The number of rotatable bonds is 8. The molecule has 0 fully saturated rings. The molecule has 0 saturated carbocycles. The van der Waals surface area contributed by atoms with Gasteiger partial charge in [-0.3, -0.25) is 10.8 Å². The van der Waals surface area contributed by atoms with E-state index in [2.05, 4.69) is 28.7 Å². The Balaban J connectivity index is 2.93. The molecule has 6 heteroatoms. The first-order chi connectivity index (χ1) is 10.5. The number of allylic oxidation sites excluding steroid dienone is 3. The Morgan fingerprint density at radius 2 is 2.32 bits per heavy atom. The molecule has 0 aliphatic rings. The first-order valence-corrected chi connectivity index (χ1v) is 6.89. The summed E-state index contributed by atoms with van der Waals surface area (Å²) in [5.41, 5.74) is 4.97. The molecule has 0 saturated heterocycles. The zero-order valence-electron chi connectivity index (χ0n) is 13.5. The SMILES string of the molecule is C=N/C(=C\C(=C/CC(=C)N(C)/C=C\C)NN)c1nccn1C. The maximum atomic E-state index is 5.58. The van der Waals surface area contributed by atoms with Crippen molar-refractivity contribution in [3.8, 4) is 0 Å². The summed E-state index contributed by atoms with van der Waals surface area (Å²) in [7, 11) is 3.85. The highest BCUT2D eigenvalue weighted by Crippen LogP contribution is 2.15. The van der Waals surface area contributed by atoms with Gasteiger partial charge in [-0.15, -0.1) is 0 Å². The Morgan fingerprint density at radius 3 is 2.82 bits per heavy atom. The maximum absolute atomic E-state index is 5.58. The molecule has 0 radical (unpaired) electrons. The Bertz CT molecular complexity index is 606. The van der Waals surface area contributed by atoms with Crippen molar-refractivity contribution in [2.24, 2.45) is 17.9 Å². The molecule has 0 amide bonds. The number of nitrogens with two attached hydrogens (primary N) is 1. The van der Waals surface area contributed by atoms with Crippen molar-refractivity contribution in [3.05, 3.63) is 60.6 Å². The average Bonchev–Trinajstić information content (AvgIpc) is 2.93. The maximum Gasteiger partial charge on any atom is 0.158 e. The molecule has 22 heavy (non-hydrogen) atoms. The van der Waals surface area contributed by atoms with Crippen LogP contribution in [-0.4, -0.2) is 28.2 Å². The molecule has 1 heterocycles. The number of imidazole rings is 1. The number of nitrogens with zero attached hydrogens (tertiary/aromatic N) is 4. The van der Waals surface area contributed by atoms with E-state index in [-0.39, 0.29) is 0 Å². The van der Waals surface area contributed by atoms with Gasteiger partial charge in [-0.2, -0.15) is 0 Å². The zero-order chi connectivity index (χ0) is 16.5. The van der Waals surface area contributed by atoms with Gasteiger partial charge in [-0.25, -0.2) is 4.98 Å². The number of nitrogens with one attached hydrogen (secondary N) is 1. The number of hydrogen-bond acceptors (Lipinski definition) is 5. The minimum atomic E-state index is 0.643. The standard InChI is InChI=1S/C16H24N6/c1-6-10-21(4)13(2)7-8-14(20-17)12-15(18-3)16-19-9-11-22(16)5/h6,8-12,20H,2-3,7,17H2,1,4-5H3/b10-6-,14-8+,15-12-. The highest BCUT2D eigenvalue weighted by atomic mass is 15.2. The van der Waals surface area contributed by atoms with Crippen LogP contribution in [0, 0.1) is 0 Å². The van der Waals surface area contributed by atoms with Crippen molar-refractivity contribution in [2.75, 3.05) is 7.05 Å². The summed E-state index contributed by atoms with van der Waals surface area (Å²) in [4.78, 5) is 10.2. The van der Waals surface area contributed by atoms with Gasteiger partial charge in [-0.05, 0) is 25.9 Å². The van der Waals surface area contributed by atoms with Crippen LogP contribution in [-0.2, 0) is 7.05 Å². The Labute approximate surface area is 132 Å². The van der Waals surface area contributed by atoms with E-state index >= 15 is 0 Å². The third-order valence-corrected chi connectivity index (χ3v) is 3.11. The fourth-order valence-electron chi connectivity index (χ4n) is 1.80. The lowest BCUT2D eigenvalue weighted by atomic mass is 10.2. The zero-order valence-corrected chi connectivity index (χ0v) is 13.5. The third-order valence-electron chi connectivity index (χ3n) is 3.11. The molecule has 1 rings (SSSR count). The van der Waals surface area contributed by atoms with Gasteiger partial charge in [0, 0.05) is 44.3 Å². The third kappa shape index (κ3) is 4.75. The summed E-state index contributed by atoms with van der Waals surface area (Å²) in [6, 6.07) is 0. The highest BCUT2D eigenvalue weighted by Gasteiger charge is 2.06. The van der Waals surface area contributed by atoms with E-state index in [1.54, 1.807) is 12.3 Å². The smallest absolute Gasteiger partial charge is 0.158 e. The summed E-state index contributed by atoms with van der Waals surface area (Å²) in [5, 5.41) is 0. The van der Waals surface area contributed by atoms with Crippen LogP contribution in [0.4, 0.5) is 0 Å². The topological polar surface area (TPSA) is 71.5 Å². The van der Waals surface area contributed by atoms with Crippen molar-refractivity contribution >= 4 is 12.4 Å². The van der Waals surface area contributed by atoms with Crippen LogP contribution < -0.4 is 11.3 Å². The first-order valence-electron chi connectivity index (χ1n) is 6.89. The summed E-state index contributed by atoms with van der Waals surface area (Å²) in [6.07, 6.45) is 11.9. The summed E-state index contributed by atoms with van der Waals surface area (Å²) in [6.45, 7) is 9.58. The quantitative estimate of drug-likeness (QED) is 0.334. The lowest BCUT2D eigenvalue weighted by Crippen LogP contribution is -2.20. The van der Waals surface area contributed by atoms with Crippen LogP contribution in [0.3, 0.4) is 0 Å². The highest BCUT2D eigenvalue weighted by molar-refractivity contribution is 5.65. The van der Waals surface area contributed by atoms with Gasteiger partial charge >= 0.3 is 0 Å². The number of hydrazine groups is 1. The predicted octanol–water partition coefficient (Wildman–Crippen LogP) is 2.18. The first kappa shape index (κ1) is 17.5. The molecule has 3 N–H and O–H groups in total.